The molecule has 0 saturated carbocycles. The molecular formula is C18H21NO. The minimum Gasteiger partial charge on any atom is -0.491 e. The lowest BCUT2D eigenvalue weighted by molar-refractivity contribution is 0.242. The maximum absolute atomic E-state index is 6.43. The number of hydrogen-bond acceptors (Lipinski definition) is 2. The van der Waals surface area contributed by atoms with E-state index < -0.39 is 0 Å². The molecule has 104 valence electrons. The fourth-order valence-electron chi connectivity index (χ4n) is 2.89. The summed E-state index contributed by atoms with van der Waals surface area (Å²) >= 11 is 0. The molecule has 2 atom stereocenters. The average molecular weight is 267 g/mol. The molecule has 1 aliphatic rings. The molecule has 2 heteroatoms. The molecule has 2 aromatic rings. The molecular weight excluding hydrogens is 246 g/mol. The average Bonchev–Trinajstić information content (AvgIpc) is 2.40. The van der Waals surface area contributed by atoms with Gasteiger partial charge < -0.3 is 10.5 Å². The van der Waals surface area contributed by atoms with Crippen LogP contribution in [0.3, 0.4) is 0 Å². The van der Waals surface area contributed by atoms with E-state index in [1.165, 1.54) is 16.7 Å². The number of hydrogen-bond donors (Lipinski definition) is 1. The van der Waals surface area contributed by atoms with Crippen LogP contribution in [-0.2, 0) is 6.42 Å². The monoisotopic (exact) mass is 267 g/mol. The fourth-order valence-corrected chi connectivity index (χ4v) is 2.89. The van der Waals surface area contributed by atoms with Crippen molar-refractivity contribution in [3.05, 3.63) is 65.2 Å². The van der Waals surface area contributed by atoms with Gasteiger partial charge in [0.25, 0.3) is 0 Å². The van der Waals surface area contributed by atoms with Crippen LogP contribution in [0.25, 0.3) is 0 Å². The first-order valence-corrected chi connectivity index (χ1v) is 7.25. The van der Waals surface area contributed by atoms with Crippen LogP contribution < -0.4 is 10.5 Å². The van der Waals surface area contributed by atoms with Gasteiger partial charge in [-0.2, -0.15) is 0 Å². The van der Waals surface area contributed by atoms with Crippen LogP contribution in [0.4, 0.5) is 0 Å². The summed E-state index contributed by atoms with van der Waals surface area (Å²) in [6.45, 7) is 4.07. The zero-order valence-corrected chi connectivity index (χ0v) is 12.0. The summed E-state index contributed by atoms with van der Waals surface area (Å²) in [5, 5.41) is 0. The van der Waals surface area contributed by atoms with Gasteiger partial charge in [-0.15, -0.1) is 0 Å². The number of nitrogens with two attached hydrogens (primary N) is 1. The molecule has 1 aliphatic carbocycles. The molecule has 2 N–H and O–H groups in total. The summed E-state index contributed by atoms with van der Waals surface area (Å²) in [6, 6.07) is 16.8. The molecule has 0 aliphatic heterocycles. The molecule has 0 saturated heterocycles. The Bertz CT molecular complexity index is 589. The Morgan fingerprint density at radius 1 is 1.05 bits per heavy atom. The zero-order chi connectivity index (χ0) is 14.1. The van der Waals surface area contributed by atoms with Gasteiger partial charge in [0, 0.05) is 12.0 Å². The van der Waals surface area contributed by atoms with E-state index in [-0.39, 0.29) is 12.1 Å². The molecule has 0 spiro atoms. The molecule has 20 heavy (non-hydrogen) atoms. The van der Waals surface area contributed by atoms with Gasteiger partial charge in [0.1, 0.15) is 5.75 Å². The standard InChI is InChI=1S/C18H21NO/c1-12(2)20-15-9-7-13(8-10-15)18(19)17-11-14-5-3-4-6-16(14)17/h3-10,12,17-18H,11,19H2,1-2H3. The van der Waals surface area contributed by atoms with E-state index in [2.05, 4.69) is 36.4 Å². The first kappa shape index (κ1) is 13.2. The molecule has 0 heterocycles. The van der Waals surface area contributed by atoms with Gasteiger partial charge >= 0.3 is 0 Å². The van der Waals surface area contributed by atoms with Crippen molar-refractivity contribution in [2.75, 3.05) is 0 Å². The summed E-state index contributed by atoms with van der Waals surface area (Å²) in [7, 11) is 0. The van der Waals surface area contributed by atoms with Crippen LogP contribution in [0.15, 0.2) is 48.5 Å². The van der Waals surface area contributed by atoms with Gasteiger partial charge in [-0.25, -0.2) is 0 Å². The molecule has 2 unspecified atom stereocenters. The smallest absolute Gasteiger partial charge is 0.119 e. The summed E-state index contributed by atoms with van der Waals surface area (Å²) in [5.74, 6) is 1.35. The number of benzene rings is 2. The summed E-state index contributed by atoms with van der Waals surface area (Å²) < 4.78 is 5.67. The third kappa shape index (κ3) is 2.44. The van der Waals surface area contributed by atoms with Crippen molar-refractivity contribution in [1.29, 1.82) is 0 Å². The van der Waals surface area contributed by atoms with Gasteiger partial charge in [-0.05, 0) is 49.1 Å². The van der Waals surface area contributed by atoms with Crippen molar-refractivity contribution in [2.45, 2.75) is 38.3 Å². The highest BCUT2D eigenvalue weighted by Gasteiger charge is 2.31. The number of fused-ring (bicyclic) bond motifs is 1. The van der Waals surface area contributed by atoms with Gasteiger partial charge in [0.2, 0.25) is 0 Å². The second-order valence-electron chi connectivity index (χ2n) is 5.77. The normalized spacial score (nSPS) is 18.3. The third-order valence-electron chi connectivity index (χ3n) is 3.96. The Labute approximate surface area is 120 Å². The van der Waals surface area contributed by atoms with Crippen molar-refractivity contribution < 1.29 is 4.74 Å². The van der Waals surface area contributed by atoms with E-state index in [1.807, 2.05) is 26.0 Å². The van der Waals surface area contributed by atoms with Crippen molar-refractivity contribution >= 4 is 0 Å². The molecule has 0 radical (unpaired) electrons. The molecule has 0 fully saturated rings. The predicted octanol–water partition coefficient (Wildman–Crippen LogP) is 3.81. The number of rotatable bonds is 4. The van der Waals surface area contributed by atoms with Crippen LogP contribution in [0.2, 0.25) is 0 Å². The maximum Gasteiger partial charge on any atom is 0.119 e. The van der Waals surface area contributed by atoms with E-state index in [4.69, 9.17) is 10.5 Å². The van der Waals surface area contributed by atoms with Crippen molar-refractivity contribution in [2.24, 2.45) is 5.73 Å². The topological polar surface area (TPSA) is 35.2 Å². The molecule has 3 rings (SSSR count). The molecule has 0 aromatic heterocycles. The first-order chi connectivity index (χ1) is 9.65. The predicted molar refractivity (Wildman–Crippen MR) is 82.0 cm³/mol. The molecule has 0 amide bonds. The number of ether oxygens (including phenoxy) is 1. The Morgan fingerprint density at radius 3 is 2.40 bits per heavy atom. The highest BCUT2D eigenvalue weighted by molar-refractivity contribution is 5.43. The van der Waals surface area contributed by atoms with Gasteiger partial charge in [0.05, 0.1) is 6.10 Å². The van der Waals surface area contributed by atoms with Crippen LogP contribution >= 0.6 is 0 Å². The highest BCUT2D eigenvalue weighted by atomic mass is 16.5. The second kappa shape index (κ2) is 5.29. The Morgan fingerprint density at radius 2 is 1.75 bits per heavy atom. The van der Waals surface area contributed by atoms with Crippen molar-refractivity contribution in [3.63, 3.8) is 0 Å². The Hall–Kier alpha value is -1.80. The van der Waals surface area contributed by atoms with Crippen LogP contribution in [0.5, 0.6) is 5.75 Å². The lowest BCUT2D eigenvalue weighted by Gasteiger charge is -2.35. The van der Waals surface area contributed by atoms with Crippen LogP contribution in [-0.4, -0.2) is 6.10 Å². The van der Waals surface area contributed by atoms with Gasteiger partial charge in [-0.1, -0.05) is 36.4 Å². The first-order valence-electron chi connectivity index (χ1n) is 7.25. The van der Waals surface area contributed by atoms with Gasteiger partial charge in [0.15, 0.2) is 0 Å². The fraction of sp³-hybridized carbons (Fsp3) is 0.333. The summed E-state index contributed by atoms with van der Waals surface area (Å²) in [6.07, 6.45) is 1.29. The lowest BCUT2D eigenvalue weighted by Crippen LogP contribution is -2.28. The second-order valence-corrected chi connectivity index (χ2v) is 5.77. The minimum atomic E-state index is 0.0676. The molecule has 0 bridgehead atoms. The minimum absolute atomic E-state index is 0.0676. The highest BCUT2D eigenvalue weighted by Crippen LogP contribution is 2.42. The maximum atomic E-state index is 6.43. The van der Waals surface area contributed by atoms with E-state index in [0.717, 1.165) is 12.2 Å². The Balaban J connectivity index is 1.74. The SMILES string of the molecule is CC(C)Oc1ccc(C(N)C2Cc3ccccc32)cc1. The Kier molecular flexibility index (Phi) is 3.49. The molecule has 2 aromatic carbocycles. The third-order valence-corrected chi connectivity index (χ3v) is 3.96. The summed E-state index contributed by atoms with van der Waals surface area (Å²) in [4.78, 5) is 0. The van der Waals surface area contributed by atoms with Gasteiger partial charge in [-0.3, -0.25) is 0 Å². The van der Waals surface area contributed by atoms with E-state index >= 15 is 0 Å². The lowest BCUT2D eigenvalue weighted by atomic mass is 9.72. The quantitative estimate of drug-likeness (QED) is 0.914. The van der Waals surface area contributed by atoms with E-state index in [1.54, 1.807) is 0 Å². The van der Waals surface area contributed by atoms with Crippen LogP contribution in [0.1, 0.15) is 42.5 Å². The zero-order valence-electron chi connectivity index (χ0n) is 12.0. The van der Waals surface area contributed by atoms with Crippen molar-refractivity contribution in [3.8, 4) is 5.75 Å². The summed E-state index contributed by atoms with van der Waals surface area (Å²) in [5.41, 5.74) is 10.4. The van der Waals surface area contributed by atoms with Crippen molar-refractivity contribution in [1.82, 2.24) is 0 Å². The van der Waals surface area contributed by atoms with Crippen LogP contribution in [0, 0.1) is 0 Å². The largest absolute Gasteiger partial charge is 0.491 e. The molecule has 2 nitrogen and oxygen atoms in total. The van der Waals surface area contributed by atoms with E-state index in [0.29, 0.717) is 5.92 Å². The van der Waals surface area contributed by atoms with E-state index in [9.17, 15) is 0 Å².